The summed E-state index contributed by atoms with van der Waals surface area (Å²) >= 11 is 0. The second-order valence-corrected chi connectivity index (χ2v) is 4.37. The van der Waals surface area contributed by atoms with Crippen molar-refractivity contribution in [2.24, 2.45) is 11.3 Å². The van der Waals surface area contributed by atoms with Crippen LogP contribution in [-0.4, -0.2) is 4.98 Å². The van der Waals surface area contributed by atoms with Gasteiger partial charge in [-0.05, 0) is 17.5 Å². The Kier molecular flexibility index (Phi) is 3.18. The van der Waals surface area contributed by atoms with Crippen molar-refractivity contribution in [2.45, 2.75) is 26.8 Å². The molecule has 1 heterocycles. The number of aromatic nitrogens is 1. The molecular formula is C10H16FN3. The van der Waals surface area contributed by atoms with Crippen molar-refractivity contribution in [1.29, 1.82) is 0 Å². The number of rotatable bonds is 2. The van der Waals surface area contributed by atoms with E-state index in [2.05, 4.69) is 10.4 Å². The van der Waals surface area contributed by atoms with Gasteiger partial charge in [-0.3, -0.25) is 16.3 Å². The third-order valence-corrected chi connectivity index (χ3v) is 2.08. The lowest BCUT2D eigenvalue weighted by atomic mass is 9.85. The standard InChI is InChI=1S/C10H16FN3/c1-10(2,3)9(14-12)8-5-4-7(11)6-13-8/h4-6,9,14H,12H2,1-3H3. The molecule has 78 valence electrons. The first kappa shape index (κ1) is 11.1. The number of halogens is 1. The van der Waals surface area contributed by atoms with Crippen LogP contribution >= 0.6 is 0 Å². The Morgan fingerprint density at radius 1 is 1.43 bits per heavy atom. The molecule has 0 saturated carbocycles. The maximum atomic E-state index is 12.6. The molecule has 0 amide bonds. The molecule has 4 heteroatoms. The van der Waals surface area contributed by atoms with Crippen LogP contribution in [0, 0.1) is 11.2 Å². The van der Waals surface area contributed by atoms with Gasteiger partial charge in [-0.15, -0.1) is 0 Å². The molecule has 0 spiro atoms. The lowest BCUT2D eigenvalue weighted by Gasteiger charge is -2.29. The lowest BCUT2D eigenvalue weighted by molar-refractivity contribution is 0.270. The summed E-state index contributed by atoms with van der Waals surface area (Å²) in [6.07, 6.45) is 1.20. The molecule has 0 radical (unpaired) electrons. The maximum absolute atomic E-state index is 12.6. The third kappa shape index (κ3) is 2.49. The molecule has 0 saturated heterocycles. The van der Waals surface area contributed by atoms with Gasteiger partial charge in [0.05, 0.1) is 17.9 Å². The van der Waals surface area contributed by atoms with Gasteiger partial charge < -0.3 is 0 Å². The Balaban J connectivity index is 2.96. The van der Waals surface area contributed by atoms with Gasteiger partial charge in [-0.1, -0.05) is 20.8 Å². The molecule has 3 nitrogen and oxygen atoms in total. The molecule has 1 atom stereocenters. The number of hydrogen-bond acceptors (Lipinski definition) is 3. The Bertz CT molecular complexity index is 289. The maximum Gasteiger partial charge on any atom is 0.141 e. The van der Waals surface area contributed by atoms with Crippen LogP contribution in [0.25, 0.3) is 0 Å². The highest BCUT2D eigenvalue weighted by Crippen LogP contribution is 2.30. The predicted octanol–water partition coefficient (Wildman–Crippen LogP) is 1.77. The van der Waals surface area contributed by atoms with Crippen molar-refractivity contribution >= 4 is 0 Å². The summed E-state index contributed by atoms with van der Waals surface area (Å²) in [5.41, 5.74) is 3.39. The van der Waals surface area contributed by atoms with Crippen molar-refractivity contribution in [3.63, 3.8) is 0 Å². The van der Waals surface area contributed by atoms with Crippen molar-refractivity contribution < 1.29 is 4.39 Å². The average molecular weight is 197 g/mol. The summed E-state index contributed by atoms with van der Waals surface area (Å²) in [6, 6.07) is 2.95. The smallest absolute Gasteiger partial charge is 0.141 e. The first-order valence-corrected chi connectivity index (χ1v) is 4.52. The van der Waals surface area contributed by atoms with E-state index in [0.717, 1.165) is 5.69 Å². The Labute approximate surface area is 83.5 Å². The monoisotopic (exact) mass is 197 g/mol. The number of nitrogens with zero attached hydrogens (tertiary/aromatic N) is 1. The quantitative estimate of drug-likeness (QED) is 0.561. The molecule has 1 rings (SSSR count). The molecule has 0 aromatic carbocycles. The minimum absolute atomic E-state index is 0.0560. The Morgan fingerprint density at radius 2 is 2.07 bits per heavy atom. The largest absolute Gasteiger partial charge is 0.271 e. The van der Waals surface area contributed by atoms with Crippen molar-refractivity contribution in [2.75, 3.05) is 0 Å². The molecule has 1 unspecified atom stereocenters. The van der Waals surface area contributed by atoms with Crippen LogP contribution in [-0.2, 0) is 0 Å². The van der Waals surface area contributed by atoms with E-state index in [1.807, 2.05) is 20.8 Å². The van der Waals surface area contributed by atoms with Crippen molar-refractivity contribution in [3.05, 3.63) is 29.8 Å². The fourth-order valence-corrected chi connectivity index (χ4v) is 1.34. The fourth-order valence-electron chi connectivity index (χ4n) is 1.34. The summed E-state index contributed by atoms with van der Waals surface area (Å²) in [7, 11) is 0. The summed E-state index contributed by atoms with van der Waals surface area (Å²) in [5.74, 6) is 5.11. The van der Waals surface area contributed by atoms with Crippen LogP contribution in [0.2, 0.25) is 0 Å². The highest BCUT2D eigenvalue weighted by molar-refractivity contribution is 5.11. The highest BCUT2D eigenvalue weighted by Gasteiger charge is 2.25. The van der Waals surface area contributed by atoms with Gasteiger partial charge in [0, 0.05) is 0 Å². The number of nitrogens with two attached hydrogens (primary N) is 1. The van der Waals surface area contributed by atoms with E-state index in [4.69, 9.17) is 5.84 Å². The second kappa shape index (κ2) is 4.02. The zero-order valence-electron chi connectivity index (χ0n) is 8.71. The van der Waals surface area contributed by atoms with E-state index in [0.29, 0.717) is 0 Å². The molecule has 0 aliphatic carbocycles. The molecular weight excluding hydrogens is 181 g/mol. The van der Waals surface area contributed by atoms with Gasteiger partial charge in [-0.25, -0.2) is 4.39 Å². The zero-order chi connectivity index (χ0) is 10.8. The minimum atomic E-state index is -0.335. The molecule has 0 fully saturated rings. The Hall–Kier alpha value is -1.00. The van der Waals surface area contributed by atoms with Gasteiger partial charge in [0.2, 0.25) is 0 Å². The van der Waals surface area contributed by atoms with E-state index in [1.165, 1.54) is 12.3 Å². The topological polar surface area (TPSA) is 50.9 Å². The van der Waals surface area contributed by atoms with Gasteiger partial charge in [-0.2, -0.15) is 0 Å². The number of pyridine rings is 1. The van der Waals surface area contributed by atoms with Crippen LogP contribution in [0.4, 0.5) is 4.39 Å². The van der Waals surface area contributed by atoms with E-state index < -0.39 is 0 Å². The molecule has 1 aromatic heterocycles. The van der Waals surface area contributed by atoms with Crippen LogP contribution < -0.4 is 11.3 Å². The SMILES string of the molecule is CC(C)(C)C(NN)c1ccc(F)cn1. The first-order valence-electron chi connectivity index (χ1n) is 4.52. The molecule has 0 aliphatic rings. The van der Waals surface area contributed by atoms with Crippen LogP contribution in [0.5, 0.6) is 0 Å². The number of nitrogens with one attached hydrogen (secondary N) is 1. The first-order chi connectivity index (χ1) is 6.45. The Morgan fingerprint density at radius 3 is 2.43 bits per heavy atom. The zero-order valence-corrected chi connectivity index (χ0v) is 8.71. The summed E-state index contributed by atoms with van der Waals surface area (Å²) < 4.78 is 12.6. The van der Waals surface area contributed by atoms with Crippen LogP contribution in [0.15, 0.2) is 18.3 Å². The van der Waals surface area contributed by atoms with Gasteiger partial charge in [0.25, 0.3) is 0 Å². The van der Waals surface area contributed by atoms with Gasteiger partial charge in [0.1, 0.15) is 5.82 Å². The van der Waals surface area contributed by atoms with E-state index >= 15 is 0 Å². The van der Waals surface area contributed by atoms with E-state index in [1.54, 1.807) is 6.07 Å². The van der Waals surface area contributed by atoms with Gasteiger partial charge >= 0.3 is 0 Å². The highest BCUT2D eigenvalue weighted by atomic mass is 19.1. The summed E-state index contributed by atoms with van der Waals surface area (Å²) in [4.78, 5) is 4.00. The number of hydrogen-bond donors (Lipinski definition) is 2. The normalized spacial score (nSPS) is 14.1. The second-order valence-electron chi connectivity index (χ2n) is 4.37. The molecule has 14 heavy (non-hydrogen) atoms. The van der Waals surface area contributed by atoms with Crippen LogP contribution in [0.1, 0.15) is 32.5 Å². The van der Waals surface area contributed by atoms with Crippen molar-refractivity contribution in [1.82, 2.24) is 10.4 Å². The molecule has 0 aliphatic heterocycles. The third-order valence-electron chi connectivity index (χ3n) is 2.08. The molecule has 3 N–H and O–H groups in total. The molecule has 1 aromatic rings. The molecule has 0 bridgehead atoms. The fraction of sp³-hybridized carbons (Fsp3) is 0.500. The average Bonchev–Trinajstić information content (AvgIpc) is 2.07. The number of hydrazine groups is 1. The van der Waals surface area contributed by atoms with Gasteiger partial charge in [0.15, 0.2) is 0 Å². The van der Waals surface area contributed by atoms with E-state index in [-0.39, 0.29) is 17.3 Å². The van der Waals surface area contributed by atoms with E-state index in [9.17, 15) is 4.39 Å². The summed E-state index contributed by atoms with van der Waals surface area (Å²) in [6.45, 7) is 6.13. The lowest BCUT2D eigenvalue weighted by Crippen LogP contribution is -2.37. The summed E-state index contributed by atoms with van der Waals surface area (Å²) in [5, 5.41) is 0. The van der Waals surface area contributed by atoms with Crippen molar-refractivity contribution in [3.8, 4) is 0 Å². The minimum Gasteiger partial charge on any atom is -0.271 e. The van der Waals surface area contributed by atoms with Crippen LogP contribution in [0.3, 0.4) is 0 Å². The predicted molar refractivity (Wildman–Crippen MR) is 53.7 cm³/mol.